The van der Waals surface area contributed by atoms with Crippen LogP contribution < -0.4 is 10.2 Å². The number of hydrogen-bond acceptors (Lipinski definition) is 3. The summed E-state index contributed by atoms with van der Waals surface area (Å²) in [7, 11) is 0. The molecule has 1 fully saturated rings. The second kappa shape index (κ2) is 7.28. The fraction of sp³-hybridized carbons (Fsp3) is 0.688. The molecular weight excluding hydrogens is 270 g/mol. The standard InChI is InChI=1S/C16H26ClN3/c1-12(2)9-18-10-14-8-15(17)16(19-11-14)20-7-5-4-6-13(20)3/h8,11-13,18H,4-7,9-10H2,1-3H3. The van der Waals surface area contributed by atoms with Crippen LogP contribution in [-0.4, -0.2) is 24.1 Å². The summed E-state index contributed by atoms with van der Waals surface area (Å²) < 4.78 is 0. The van der Waals surface area contributed by atoms with Gasteiger partial charge in [0.05, 0.1) is 5.02 Å². The molecule has 0 saturated carbocycles. The number of rotatable bonds is 5. The van der Waals surface area contributed by atoms with Gasteiger partial charge >= 0.3 is 0 Å². The molecule has 1 saturated heterocycles. The van der Waals surface area contributed by atoms with E-state index in [4.69, 9.17) is 11.6 Å². The van der Waals surface area contributed by atoms with Gasteiger partial charge in [0.25, 0.3) is 0 Å². The maximum atomic E-state index is 6.44. The largest absolute Gasteiger partial charge is 0.353 e. The summed E-state index contributed by atoms with van der Waals surface area (Å²) in [6, 6.07) is 2.59. The highest BCUT2D eigenvalue weighted by Gasteiger charge is 2.21. The van der Waals surface area contributed by atoms with Crippen molar-refractivity contribution in [1.82, 2.24) is 10.3 Å². The lowest BCUT2D eigenvalue weighted by Crippen LogP contribution is -2.38. The van der Waals surface area contributed by atoms with Crippen LogP contribution in [0.2, 0.25) is 5.02 Å². The molecule has 1 atom stereocenters. The number of aromatic nitrogens is 1. The number of halogens is 1. The van der Waals surface area contributed by atoms with E-state index in [1.165, 1.54) is 19.3 Å². The van der Waals surface area contributed by atoms with Gasteiger partial charge in [0, 0.05) is 25.3 Å². The van der Waals surface area contributed by atoms with Crippen LogP contribution in [0.15, 0.2) is 12.3 Å². The zero-order valence-electron chi connectivity index (χ0n) is 12.8. The fourth-order valence-corrected chi connectivity index (χ4v) is 2.99. The minimum Gasteiger partial charge on any atom is -0.353 e. The molecule has 0 amide bonds. The van der Waals surface area contributed by atoms with Crippen molar-refractivity contribution in [3.05, 3.63) is 22.8 Å². The smallest absolute Gasteiger partial charge is 0.147 e. The summed E-state index contributed by atoms with van der Waals surface area (Å²) in [5.74, 6) is 1.61. The summed E-state index contributed by atoms with van der Waals surface area (Å²) in [5, 5.41) is 4.20. The summed E-state index contributed by atoms with van der Waals surface area (Å²) >= 11 is 6.44. The van der Waals surface area contributed by atoms with Gasteiger partial charge in [0.15, 0.2) is 0 Å². The molecule has 0 aliphatic carbocycles. The summed E-state index contributed by atoms with van der Waals surface area (Å²) in [6.07, 6.45) is 5.73. The first kappa shape index (κ1) is 15.6. The second-order valence-corrected chi connectivity index (χ2v) is 6.62. The molecule has 1 unspecified atom stereocenters. The van der Waals surface area contributed by atoms with Gasteiger partial charge < -0.3 is 10.2 Å². The number of nitrogens with zero attached hydrogens (tertiary/aromatic N) is 2. The van der Waals surface area contributed by atoms with Crippen LogP contribution >= 0.6 is 11.6 Å². The molecule has 4 heteroatoms. The van der Waals surface area contributed by atoms with Crippen LogP contribution in [0.1, 0.15) is 45.6 Å². The van der Waals surface area contributed by atoms with Gasteiger partial charge in [-0.05, 0) is 50.3 Å². The molecule has 2 rings (SSSR count). The van der Waals surface area contributed by atoms with Gasteiger partial charge in [-0.2, -0.15) is 0 Å². The van der Waals surface area contributed by atoms with Gasteiger partial charge in [0.2, 0.25) is 0 Å². The topological polar surface area (TPSA) is 28.2 Å². The van der Waals surface area contributed by atoms with Gasteiger partial charge in [-0.3, -0.25) is 0 Å². The van der Waals surface area contributed by atoms with Crippen molar-refractivity contribution >= 4 is 17.4 Å². The molecule has 0 aromatic carbocycles. The van der Waals surface area contributed by atoms with Crippen molar-refractivity contribution in [1.29, 1.82) is 0 Å². The lowest BCUT2D eigenvalue weighted by atomic mass is 10.0. The van der Waals surface area contributed by atoms with E-state index < -0.39 is 0 Å². The molecule has 1 aromatic heterocycles. The average molecular weight is 296 g/mol. The third-order valence-electron chi connectivity index (χ3n) is 3.84. The number of anilines is 1. The molecule has 1 aliphatic heterocycles. The Hall–Kier alpha value is -0.800. The van der Waals surface area contributed by atoms with E-state index in [-0.39, 0.29) is 0 Å². The van der Waals surface area contributed by atoms with E-state index >= 15 is 0 Å². The Morgan fingerprint density at radius 1 is 1.45 bits per heavy atom. The van der Waals surface area contributed by atoms with Crippen LogP contribution in [-0.2, 0) is 6.54 Å². The zero-order chi connectivity index (χ0) is 14.5. The second-order valence-electron chi connectivity index (χ2n) is 6.21. The molecule has 0 bridgehead atoms. The van der Waals surface area contributed by atoms with Crippen LogP contribution in [0, 0.1) is 5.92 Å². The fourth-order valence-electron chi connectivity index (χ4n) is 2.70. The van der Waals surface area contributed by atoms with Crippen LogP contribution in [0.3, 0.4) is 0 Å². The van der Waals surface area contributed by atoms with Crippen LogP contribution in [0.5, 0.6) is 0 Å². The lowest BCUT2D eigenvalue weighted by molar-refractivity contribution is 0.481. The van der Waals surface area contributed by atoms with Crippen molar-refractivity contribution in [2.45, 2.75) is 52.6 Å². The molecule has 0 radical (unpaired) electrons. The van der Waals surface area contributed by atoms with Crippen LogP contribution in [0.25, 0.3) is 0 Å². The van der Waals surface area contributed by atoms with Crippen molar-refractivity contribution in [3.63, 3.8) is 0 Å². The van der Waals surface area contributed by atoms with E-state index in [9.17, 15) is 0 Å². The van der Waals surface area contributed by atoms with Crippen molar-refractivity contribution in [2.24, 2.45) is 5.92 Å². The highest BCUT2D eigenvalue weighted by atomic mass is 35.5. The van der Waals surface area contributed by atoms with E-state index in [1.807, 2.05) is 6.20 Å². The maximum absolute atomic E-state index is 6.44. The van der Waals surface area contributed by atoms with E-state index in [1.54, 1.807) is 0 Å². The normalized spacial score (nSPS) is 19.6. The van der Waals surface area contributed by atoms with Gasteiger partial charge in [-0.1, -0.05) is 25.4 Å². The molecular formula is C16H26ClN3. The SMILES string of the molecule is CC(C)CNCc1cnc(N2CCCCC2C)c(Cl)c1. The maximum Gasteiger partial charge on any atom is 0.147 e. The molecule has 0 spiro atoms. The highest BCUT2D eigenvalue weighted by Crippen LogP contribution is 2.29. The first-order chi connectivity index (χ1) is 9.58. The molecule has 112 valence electrons. The average Bonchev–Trinajstić information content (AvgIpc) is 2.40. The minimum absolute atomic E-state index is 0.540. The van der Waals surface area contributed by atoms with Crippen molar-refractivity contribution in [3.8, 4) is 0 Å². The van der Waals surface area contributed by atoms with Crippen molar-refractivity contribution in [2.75, 3.05) is 18.0 Å². The molecule has 1 aromatic rings. The zero-order valence-corrected chi connectivity index (χ0v) is 13.6. The Bertz CT molecular complexity index is 434. The summed E-state index contributed by atoms with van der Waals surface area (Å²) in [5.41, 5.74) is 1.16. The predicted molar refractivity (Wildman–Crippen MR) is 86.5 cm³/mol. The number of pyridine rings is 1. The number of piperidine rings is 1. The molecule has 2 heterocycles. The number of hydrogen-bond donors (Lipinski definition) is 1. The minimum atomic E-state index is 0.540. The van der Waals surface area contributed by atoms with Gasteiger partial charge in [-0.15, -0.1) is 0 Å². The molecule has 1 N–H and O–H groups in total. The molecule has 20 heavy (non-hydrogen) atoms. The summed E-state index contributed by atoms with van der Waals surface area (Å²) in [4.78, 5) is 6.95. The number of nitrogens with one attached hydrogen (secondary N) is 1. The Labute approximate surface area is 127 Å². The molecule has 3 nitrogen and oxygen atoms in total. The Kier molecular flexibility index (Phi) is 5.67. The third-order valence-corrected chi connectivity index (χ3v) is 4.11. The quantitative estimate of drug-likeness (QED) is 0.894. The van der Waals surface area contributed by atoms with Gasteiger partial charge in [-0.25, -0.2) is 4.98 Å². The van der Waals surface area contributed by atoms with E-state index in [0.717, 1.165) is 36.0 Å². The first-order valence-corrected chi connectivity index (χ1v) is 8.07. The van der Waals surface area contributed by atoms with Gasteiger partial charge in [0.1, 0.15) is 5.82 Å². The molecule has 1 aliphatic rings. The highest BCUT2D eigenvalue weighted by molar-refractivity contribution is 6.33. The van der Waals surface area contributed by atoms with Crippen molar-refractivity contribution < 1.29 is 0 Å². The predicted octanol–water partition coefficient (Wildman–Crippen LogP) is 3.86. The van der Waals surface area contributed by atoms with Crippen LogP contribution in [0.4, 0.5) is 5.82 Å². The Morgan fingerprint density at radius 2 is 2.25 bits per heavy atom. The van der Waals surface area contributed by atoms with E-state index in [0.29, 0.717) is 12.0 Å². The Morgan fingerprint density at radius 3 is 2.90 bits per heavy atom. The Balaban J connectivity index is 2.01. The lowest BCUT2D eigenvalue weighted by Gasteiger charge is -2.35. The monoisotopic (exact) mass is 295 g/mol. The summed E-state index contributed by atoms with van der Waals surface area (Å²) in [6.45, 7) is 9.59. The third kappa shape index (κ3) is 4.10. The first-order valence-electron chi connectivity index (χ1n) is 7.69. The van der Waals surface area contributed by atoms with E-state index in [2.05, 4.69) is 42.0 Å².